The molecule has 0 spiro atoms. The van der Waals surface area contributed by atoms with Crippen molar-refractivity contribution >= 4 is 11.6 Å². The van der Waals surface area contributed by atoms with Gasteiger partial charge in [0.1, 0.15) is 0 Å². The van der Waals surface area contributed by atoms with Gasteiger partial charge in [0.2, 0.25) is 0 Å². The van der Waals surface area contributed by atoms with Crippen molar-refractivity contribution in [1.82, 2.24) is 4.90 Å². The van der Waals surface area contributed by atoms with Gasteiger partial charge < -0.3 is 5.11 Å². The van der Waals surface area contributed by atoms with Crippen LogP contribution in [0.3, 0.4) is 0 Å². The number of nitrogens with zero attached hydrogens (tertiary/aromatic N) is 1. The first-order chi connectivity index (χ1) is 8.57. The lowest BCUT2D eigenvalue weighted by Crippen LogP contribution is -2.36. The van der Waals surface area contributed by atoms with Crippen LogP contribution in [0.5, 0.6) is 0 Å². The van der Waals surface area contributed by atoms with Crippen molar-refractivity contribution in [1.29, 1.82) is 0 Å². The van der Waals surface area contributed by atoms with Crippen molar-refractivity contribution in [3.8, 4) is 0 Å². The number of likely N-dealkylation sites (tertiary alicyclic amines) is 1. The summed E-state index contributed by atoms with van der Waals surface area (Å²) >= 11 is 6.19. The highest BCUT2D eigenvalue weighted by Gasteiger charge is 2.46. The van der Waals surface area contributed by atoms with E-state index < -0.39 is 5.60 Å². The predicted molar refractivity (Wildman–Crippen MR) is 73.9 cm³/mol. The maximum Gasteiger partial charge on any atom is 0.0829 e. The van der Waals surface area contributed by atoms with Crippen LogP contribution in [-0.4, -0.2) is 34.2 Å². The molecular weight excluding hydrogens is 246 g/mol. The van der Waals surface area contributed by atoms with Crippen LogP contribution in [0.1, 0.15) is 31.7 Å². The van der Waals surface area contributed by atoms with Gasteiger partial charge in [-0.3, -0.25) is 4.90 Å². The monoisotopic (exact) mass is 265 g/mol. The Balaban J connectivity index is 1.74. The summed E-state index contributed by atoms with van der Waals surface area (Å²) in [5.74, 6) is 0. The molecule has 0 amide bonds. The van der Waals surface area contributed by atoms with Gasteiger partial charge in [0.05, 0.1) is 5.60 Å². The lowest BCUT2D eigenvalue weighted by atomic mass is 9.92. The third kappa shape index (κ3) is 2.42. The Labute approximate surface area is 114 Å². The first kappa shape index (κ1) is 12.5. The van der Waals surface area contributed by atoms with Gasteiger partial charge in [-0.2, -0.15) is 0 Å². The van der Waals surface area contributed by atoms with E-state index in [0.717, 1.165) is 29.6 Å². The van der Waals surface area contributed by atoms with Gasteiger partial charge in [-0.05, 0) is 37.8 Å². The molecule has 2 aliphatic rings. The maximum absolute atomic E-state index is 10.8. The van der Waals surface area contributed by atoms with Crippen LogP contribution in [-0.2, 0) is 6.42 Å². The summed E-state index contributed by atoms with van der Waals surface area (Å²) in [5.41, 5.74) is 0.457. The number of benzene rings is 1. The minimum atomic E-state index is -0.604. The molecule has 2 fully saturated rings. The molecule has 3 heteroatoms. The van der Waals surface area contributed by atoms with Crippen molar-refractivity contribution in [2.45, 2.75) is 50.3 Å². The highest BCUT2D eigenvalue weighted by Crippen LogP contribution is 2.39. The Morgan fingerprint density at radius 1 is 1.39 bits per heavy atom. The van der Waals surface area contributed by atoms with E-state index in [0.29, 0.717) is 12.5 Å². The van der Waals surface area contributed by atoms with Crippen molar-refractivity contribution in [2.75, 3.05) is 6.54 Å². The third-order valence-electron chi connectivity index (χ3n) is 4.21. The molecule has 1 saturated heterocycles. The summed E-state index contributed by atoms with van der Waals surface area (Å²) in [6.45, 7) is 3.02. The van der Waals surface area contributed by atoms with E-state index in [1.54, 1.807) is 0 Å². The van der Waals surface area contributed by atoms with Gasteiger partial charge in [-0.25, -0.2) is 0 Å². The Morgan fingerprint density at radius 3 is 2.78 bits per heavy atom. The quantitative estimate of drug-likeness (QED) is 0.909. The molecule has 1 aromatic rings. The summed E-state index contributed by atoms with van der Waals surface area (Å²) in [6.07, 6.45) is 4.12. The van der Waals surface area contributed by atoms with Crippen LogP contribution in [0.25, 0.3) is 0 Å². The van der Waals surface area contributed by atoms with E-state index >= 15 is 0 Å². The fourth-order valence-corrected chi connectivity index (χ4v) is 3.45. The van der Waals surface area contributed by atoms with E-state index in [2.05, 4.69) is 11.8 Å². The number of aliphatic hydroxyl groups is 1. The van der Waals surface area contributed by atoms with Gasteiger partial charge >= 0.3 is 0 Å². The van der Waals surface area contributed by atoms with Gasteiger partial charge in [-0.1, -0.05) is 29.8 Å². The summed E-state index contributed by atoms with van der Waals surface area (Å²) in [4.78, 5) is 2.47. The molecular formula is C15H20ClNO. The molecule has 2 unspecified atom stereocenters. The van der Waals surface area contributed by atoms with Crippen LogP contribution < -0.4 is 0 Å². The largest absolute Gasteiger partial charge is 0.388 e. The molecule has 1 aliphatic heterocycles. The standard InChI is InChI=1S/C15H20ClNO/c1-11-8-15(18,10-17(11)13-6-7-13)9-12-4-2-3-5-14(12)16/h2-5,11,13,18H,6-10H2,1H3. The zero-order valence-corrected chi connectivity index (χ0v) is 11.5. The van der Waals surface area contributed by atoms with E-state index in [-0.39, 0.29) is 0 Å². The van der Waals surface area contributed by atoms with E-state index in [4.69, 9.17) is 11.6 Å². The first-order valence-electron chi connectivity index (χ1n) is 6.79. The Bertz CT molecular complexity index is 446. The second kappa shape index (κ2) is 4.52. The average molecular weight is 266 g/mol. The zero-order valence-electron chi connectivity index (χ0n) is 10.8. The summed E-state index contributed by atoms with van der Waals surface area (Å²) in [5, 5.41) is 11.6. The number of hydrogen-bond donors (Lipinski definition) is 1. The van der Waals surface area contributed by atoms with Crippen LogP contribution in [0.2, 0.25) is 5.02 Å². The smallest absolute Gasteiger partial charge is 0.0829 e. The van der Waals surface area contributed by atoms with Crippen LogP contribution >= 0.6 is 11.6 Å². The second-order valence-electron chi connectivity index (χ2n) is 5.95. The zero-order chi connectivity index (χ0) is 12.8. The van der Waals surface area contributed by atoms with Crippen molar-refractivity contribution in [3.63, 3.8) is 0 Å². The lowest BCUT2D eigenvalue weighted by Gasteiger charge is -2.24. The minimum Gasteiger partial charge on any atom is -0.388 e. The molecule has 2 atom stereocenters. The van der Waals surface area contributed by atoms with Crippen LogP contribution in [0.15, 0.2) is 24.3 Å². The Kier molecular flexibility index (Phi) is 3.13. The summed E-state index contributed by atoms with van der Waals surface area (Å²) in [7, 11) is 0. The first-order valence-corrected chi connectivity index (χ1v) is 7.17. The van der Waals surface area contributed by atoms with Crippen LogP contribution in [0, 0.1) is 0 Å². The molecule has 2 nitrogen and oxygen atoms in total. The predicted octanol–water partition coefficient (Wildman–Crippen LogP) is 2.87. The highest BCUT2D eigenvalue weighted by atomic mass is 35.5. The molecule has 1 saturated carbocycles. The van der Waals surface area contributed by atoms with Gasteiger partial charge in [-0.15, -0.1) is 0 Å². The van der Waals surface area contributed by atoms with Gasteiger partial charge in [0.25, 0.3) is 0 Å². The van der Waals surface area contributed by atoms with Crippen LogP contribution in [0.4, 0.5) is 0 Å². The topological polar surface area (TPSA) is 23.5 Å². The van der Waals surface area contributed by atoms with Crippen molar-refractivity contribution in [2.24, 2.45) is 0 Å². The number of β-amino-alcohol motifs (C(OH)–C–C–N with tert-alkyl or cyclic N) is 1. The molecule has 1 N–H and O–H groups in total. The molecule has 1 aliphatic carbocycles. The minimum absolute atomic E-state index is 0.491. The van der Waals surface area contributed by atoms with Gasteiger partial charge in [0.15, 0.2) is 0 Å². The molecule has 3 rings (SSSR count). The van der Waals surface area contributed by atoms with Crippen molar-refractivity contribution < 1.29 is 5.11 Å². The lowest BCUT2D eigenvalue weighted by molar-refractivity contribution is 0.0487. The van der Waals surface area contributed by atoms with E-state index in [1.165, 1.54) is 12.8 Å². The molecule has 0 aromatic heterocycles. The third-order valence-corrected chi connectivity index (χ3v) is 4.58. The Morgan fingerprint density at radius 2 is 2.11 bits per heavy atom. The summed E-state index contributed by atoms with van der Waals surface area (Å²) in [6, 6.07) is 9.05. The molecule has 1 heterocycles. The average Bonchev–Trinajstić information content (AvgIpc) is 3.09. The SMILES string of the molecule is CC1CC(O)(Cc2ccccc2Cl)CN1C1CC1. The van der Waals surface area contributed by atoms with Crippen molar-refractivity contribution in [3.05, 3.63) is 34.9 Å². The molecule has 0 radical (unpaired) electrons. The van der Waals surface area contributed by atoms with Gasteiger partial charge in [0, 0.05) is 30.1 Å². The van der Waals surface area contributed by atoms with E-state index in [9.17, 15) is 5.11 Å². The number of halogens is 1. The number of rotatable bonds is 3. The molecule has 18 heavy (non-hydrogen) atoms. The fraction of sp³-hybridized carbons (Fsp3) is 0.600. The Hall–Kier alpha value is -0.570. The molecule has 1 aromatic carbocycles. The molecule has 98 valence electrons. The normalized spacial score (nSPS) is 32.9. The number of hydrogen-bond acceptors (Lipinski definition) is 2. The second-order valence-corrected chi connectivity index (χ2v) is 6.36. The summed E-state index contributed by atoms with van der Waals surface area (Å²) < 4.78 is 0. The van der Waals surface area contributed by atoms with E-state index in [1.807, 2.05) is 24.3 Å². The highest BCUT2D eigenvalue weighted by molar-refractivity contribution is 6.31. The fourth-order valence-electron chi connectivity index (χ4n) is 3.25. The molecule has 0 bridgehead atoms. The maximum atomic E-state index is 10.8.